The minimum atomic E-state index is -0.657. The molecule has 0 spiro atoms. The molecule has 0 aliphatic rings. The SMILES string of the molecule is CCN(CC)c1nc(C)cc(Nc2c(F)cccc2F)n1. The first-order valence-corrected chi connectivity index (χ1v) is 6.86. The Hall–Kier alpha value is -2.24. The van der Waals surface area contributed by atoms with Crippen LogP contribution in [0.4, 0.5) is 26.2 Å². The van der Waals surface area contributed by atoms with Crippen molar-refractivity contribution in [2.45, 2.75) is 20.8 Å². The summed E-state index contributed by atoms with van der Waals surface area (Å²) in [5.74, 6) is -0.404. The molecule has 6 heteroatoms. The molecule has 0 aliphatic carbocycles. The van der Waals surface area contributed by atoms with E-state index < -0.39 is 11.6 Å². The number of hydrogen-bond donors (Lipinski definition) is 1. The van der Waals surface area contributed by atoms with E-state index >= 15 is 0 Å². The number of para-hydroxylation sites is 1. The number of hydrogen-bond acceptors (Lipinski definition) is 4. The van der Waals surface area contributed by atoms with Crippen LogP contribution < -0.4 is 10.2 Å². The van der Waals surface area contributed by atoms with Crippen molar-refractivity contribution in [3.8, 4) is 0 Å². The highest BCUT2D eigenvalue weighted by Crippen LogP contribution is 2.23. The van der Waals surface area contributed by atoms with Crippen LogP contribution in [0.25, 0.3) is 0 Å². The van der Waals surface area contributed by atoms with Gasteiger partial charge >= 0.3 is 0 Å². The Labute approximate surface area is 122 Å². The Morgan fingerprint density at radius 3 is 2.29 bits per heavy atom. The van der Waals surface area contributed by atoms with E-state index in [1.54, 1.807) is 6.07 Å². The molecule has 2 rings (SSSR count). The van der Waals surface area contributed by atoms with Gasteiger partial charge in [-0.15, -0.1) is 0 Å². The Balaban J connectivity index is 2.36. The fraction of sp³-hybridized carbons (Fsp3) is 0.333. The average molecular weight is 292 g/mol. The molecule has 0 aliphatic heterocycles. The molecule has 0 fully saturated rings. The Morgan fingerprint density at radius 2 is 1.71 bits per heavy atom. The highest BCUT2D eigenvalue weighted by Gasteiger charge is 2.12. The molecular formula is C15H18F2N4. The normalized spacial score (nSPS) is 10.5. The molecule has 0 atom stereocenters. The number of rotatable bonds is 5. The third kappa shape index (κ3) is 3.45. The van der Waals surface area contributed by atoms with Gasteiger partial charge in [0.25, 0.3) is 0 Å². The molecule has 21 heavy (non-hydrogen) atoms. The van der Waals surface area contributed by atoms with Crippen molar-refractivity contribution in [1.29, 1.82) is 0 Å². The number of aromatic nitrogens is 2. The monoisotopic (exact) mass is 292 g/mol. The van der Waals surface area contributed by atoms with Gasteiger partial charge in [-0.1, -0.05) is 6.07 Å². The summed E-state index contributed by atoms with van der Waals surface area (Å²) in [6.45, 7) is 7.33. The Kier molecular flexibility index (Phi) is 4.67. The molecule has 0 radical (unpaired) electrons. The maximum Gasteiger partial charge on any atom is 0.227 e. The van der Waals surface area contributed by atoms with Gasteiger partial charge in [-0.2, -0.15) is 4.98 Å². The van der Waals surface area contributed by atoms with Gasteiger partial charge in [0.1, 0.15) is 23.1 Å². The van der Waals surface area contributed by atoms with Gasteiger partial charge in [0.05, 0.1) is 0 Å². The molecule has 1 aromatic heterocycles. The lowest BCUT2D eigenvalue weighted by atomic mass is 10.3. The smallest absolute Gasteiger partial charge is 0.227 e. The fourth-order valence-electron chi connectivity index (χ4n) is 2.01. The maximum atomic E-state index is 13.7. The molecule has 0 bridgehead atoms. The van der Waals surface area contributed by atoms with E-state index in [-0.39, 0.29) is 5.69 Å². The molecule has 0 saturated heterocycles. The molecule has 112 valence electrons. The molecule has 0 saturated carbocycles. The predicted molar refractivity (Wildman–Crippen MR) is 80.0 cm³/mol. The van der Waals surface area contributed by atoms with Gasteiger partial charge < -0.3 is 10.2 Å². The number of aryl methyl sites for hydroxylation is 1. The van der Waals surface area contributed by atoms with Gasteiger partial charge in [0.15, 0.2) is 0 Å². The van der Waals surface area contributed by atoms with Crippen molar-refractivity contribution in [1.82, 2.24) is 9.97 Å². The molecular weight excluding hydrogens is 274 g/mol. The lowest BCUT2D eigenvalue weighted by Crippen LogP contribution is -2.24. The van der Waals surface area contributed by atoms with Crippen molar-refractivity contribution >= 4 is 17.5 Å². The van der Waals surface area contributed by atoms with Crippen molar-refractivity contribution in [2.75, 3.05) is 23.3 Å². The highest BCUT2D eigenvalue weighted by molar-refractivity contribution is 5.59. The van der Waals surface area contributed by atoms with E-state index in [2.05, 4.69) is 15.3 Å². The second-order valence-corrected chi connectivity index (χ2v) is 4.59. The summed E-state index contributed by atoms with van der Waals surface area (Å²) in [5, 5.41) is 2.70. The number of benzene rings is 1. The average Bonchev–Trinajstić information content (AvgIpc) is 2.44. The summed E-state index contributed by atoms with van der Waals surface area (Å²) in [5.41, 5.74) is 0.521. The lowest BCUT2D eigenvalue weighted by molar-refractivity contribution is 0.590. The summed E-state index contributed by atoms with van der Waals surface area (Å²) in [4.78, 5) is 10.6. The van der Waals surface area contributed by atoms with Crippen molar-refractivity contribution in [3.05, 3.63) is 41.6 Å². The quantitative estimate of drug-likeness (QED) is 0.913. The van der Waals surface area contributed by atoms with Crippen LogP contribution in [0.15, 0.2) is 24.3 Å². The Morgan fingerprint density at radius 1 is 1.10 bits per heavy atom. The van der Waals surface area contributed by atoms with Crippen molar-refractivity contribution in [3.63, 3.8) is 0 Å². The zero-order valence-corrected chi connectivity index (χ0v) is 12.3. The molecule has 1 heterocycles. The van der Waals surface area contributed by atoms with Crippen LogP contribution in [0.3, 0.4) is 0 Å². The lowest BCUT2D eigenvalue weighted by Gasteiger charge is -2.19. The second kappa shape index (κ2) is 6.47. The van der Waals surface area contributed by atoms with Crippen LogP contribution in [-0.2, 0) is 0 Å². The Bertz CT molecular complexity index is 607. The maximum absolute atomic E-state index is 13.7. The zero-order valence-electron chi connectivity index (χ0n) is 12.3. The molecule has 2 aromatic rings. The number of nitrogens with one attached hydrogen (secondary N) is 1. The summed E-state index contributed by atoms with van der Waals surface area (Å²) in [7, 11) is 0. The molecule has 4 nitrogen and oxygen atoms in total. The summed E-state index contributed by atoms with van der Waals surface area (Å²) >= 11 is 0. The van der Waals surface area contributed by atoms with E-state index in [0.29, 0.717) is 11.8 Å². The number of halogens is 2. The first kappa shape index (κ1) is 15.2. The topological polar surface area (TPSA) is 41.1 Å². The van der Waals surface area contributed by atoms with Crippen molar-refractivity contribution < 1.29 is 8.78 Å². The zero-order chi connectivity index (χ0) is 15.4. The fourth-order valence-corrected chi connectivity index (χ4v) is 2.01. The summed E-state index contributed by atoms with van der Waals surface area (Å²) < 4.78 is 27.3. The molecule has 0 unspecified atom stereocenters. The highest BCUT2D eigenvalue weighted by atomic mass is 19.1. The van der Waals surface area contributed by atoms with E-state index in [1.807, 2.05) is 25.7 Å². The van der Waals surface area contributed by atoms with Crippen LogP contribution in [0.5, 0.6) is 0 Å². The van der Waals surface area contributed by atoms with Crippen LogP contribution in [0.1, 0.15) is 19.5 Å². The molecule has 1 N–H and O–H groups in total. The first-order chi connectivity index (χ1) is 10.0. The van der Waals surface area contributed by atoms with Gasteiger partial charge in [0.2, 0.25) is 5.95 Å². The standard InChI is InChI=1S/C15H18F2N4/c1-4-21(5-2)15-18-10(3)9-13(20-15)19-14-11(16)7-6-8-12(14)17/h6-9H,4-5H2,1-3H3,(H,18,19,20). The minimum Gasteiger partial charge on any atom is -0.341 e. The van der Waals surface area contributed by atoms with Crippen molar-refractivity contribution in [2.24, 2.45) is 0 Å². The first-order valence-electron chi connectivity index (χ1n) is 6.86. The third-order valence-corrected chi connectivity index (χ3v) is 3.10. The number of nitrogens with zero attached hydrogens (tertiary/aromatic N) is 3. The largest absolute Gasteiger partial charge is 0.341 e. The van der Waals surface area contributed by atoms with E-state index in [9.17, 15) is 8.78 Å². The van der Waals surface area contributed by atoms with Gasteiger partial charge in [-0.05, 0) is 32.9 Å². The third-order valence-electron chi connectivity index (χ3n) is 3.10. The van der Waals surface area contributed by atoms with E-state index in [0.717, 1.165) is 18.8 Å². The van der Waals surface area contributed by atoms with Gasteiger partial charge in [0, 0.05) is 24.8 Å². The van der Waals surface area contributed by atoms with E-state index in [1.165, 1.54) is 18.2 Å². The van der Waals surface area contributed by atoms with Crippen LogP contribution in [-0.4, -0.2) is 23.1 Å². The predicted octanol–water partition coefficient (Wildman–Crippen LogP) is 3.65. The van der Waals surface area contributed by atoms with E-state index in [4.69, 9.17) is 0 Å². The number of anilines is 3. The molecule has 0 amide bonds. The summed E-state index contributed by atoms with van der Waals surface area (Å²) in [6, 6.07) is 5.37. The van der Waals surface area contributed by atoms with Crippen LogP contribution >= 0.6 is 0 Å². The second-order valence-electron chi connectivity index (χ2n) is 4.59. The van der Waals surface area contributed by atoms with Gasteiger partial charge in [-0.25, -0.2) is 13.8 Å². The summed E-state index contributed by atoms with van der Waals surface area (Å²) in [6.07, 6.45) is 0. The van der Waals surface area contributed by atoms with Crippen LogP contribution in [0.2, 0.25) is 0 Å². The van der Waals surface area contributed by atoms with Crippen LogP contribution in [0, 0.1) is 18.6 Å². The molecule has 1 aromatic carbocycles. The minimum absolute atomic E-state index is 0.207. The van der Waals surface area contributed by atoms with Gasteiger partial charge in [-0.3, -0.25) is 0 Å².